The average molecular weight is 328 g/mol. The summed E-state index contributed by atoms with van der Waals surface area (Å²) in [7, 11) is -3.63. The molecule has 1 aromatic heterocycles. The summed E-state index contributed by atoms with van der Waals surface area (Å²) in [4.78, 5) is 7.90. The Labute approximate surface area is 113 Å². The van der Waals surface area contributed by atoms with Gasteiger partial charge in [0.25, 0.3) is 10.0 Å². The molecule has 0 saturated heterocycles. The van der Waals surface area contributed by atoms with Gasteiger partial charge in [-0.15, -0.1) is 0 Å². The number of aryl methyl sites for hydroxylation is 1. The first kappa shape index (κ1) is 13.0. The van der Waals surface area contributed by atoms with Gasteiger partial charge in [-0.05, 0) is 35.0 Å². The van der Waals surface area contributed by atoms with Crippen molar-refractivity contribution < 1.29 is 8.42 Å². The molecule has 2 aromatic rings. The van der Waals surface area contributed by atoms with Gasteiger partial charge in [-0.3, -0.25) is 0 Å². The van der Waals surface area contributed by atoms with E-state index in [1.165, 1.54) is 24.5 Å². The molecule has 5 nitrogen and oxygen atoms in total. The summed E-state index contributed by atoms with van der Waals surface area (Å²) in [5.74, 6) is 0.0405. The maximum atomic E-state index is 12.0. The third kappa shape index (κ3) is 3.05. The Balaban J connectivity index is 2.27. The highest BCUT2D eigenvalue weighted by Gasteiger charge is 2.14. The summed E-state index contributed by atoms with van der Waals surface area (Å²) >= 11 is 3.18. The maximum absolute atomic E-state index is 12.0. The van der Waals surface area contributed by atoms with E-state index in [2.05, 4.69) is 30.6 Å². The third-order valence-electron chi connectivity index (χ3n) is 2.18. The van der Waals surface area contributed by atoms with Crippen molar-refractivity contribution in [3.05, 3.63) is 46.7 Å². The van der Waals surface area contributed by atoms with Gasteiger partial charge in [0.2, 0.25) is 5.95 Å². The summed E-state index contributed by atoms with van der Waals surface area (Å²) < 4.78 is 27.0. The Bertz CT molecular complexity index is 639. The van der Waals surface area contributed by atoms with Crippen molar-refractivity contribution in [2.45, 2.75) is 11.8 Å². The van der Waals surface area contributed by atoms with Crippen LogP contribution in [-0.4, -0.2) is 18.4 Å². The highest BCUT2D eigenvalue weighted by atomic mass is 79.9. The minimum Gasteiger partial charge on any atom is -0.247 e. The van der Waals surface area contributed by atoms with Crippen LogP contribution in [0.5, 0.6) is 0 Å². The molecule has 0 aliphatic carbocycles. The van der Waals surface area contributed by atoms with Crippen LogP contribution in [0, 0.1) is 6.92 Å². The zero-order chi connectivity index (χ0) is 13.2. The normalized spacial score (nSPS) is 11.2. The molecule has 0 aliphatic rings. The fourth-order valence-electron chi connectivity index (χ4n) is 1.26. The van der Waals surface area contributed by atoms with Gasteiger partial charge < -0.3 is 0 Å². The number of benzene rings is 1. The van der Waals surface area contributed by atoms with Gasteiger partial charge in [0.15, 0.2) is 0 Å². The lowest BCUT2D eigenvalue weighted by atomic mass is 10.2. The van der Waals surface area contributed by atoms with Crippen LogP contribution in [0.2, 0.25) is 0 Å². The van der Waals surface area contributed by atoms with Crippen LogP contribution in [0.15, 0.2) is 46.0 Å². The molecule has 0 bridgehead atoms. The molecule has 0 aliphatic heterocycles. The molecular weight excluding hydrogens is 318 g/mol. The van der Waals surface area contributed by atoms with Crippen LogP contribution in [0.4, 0.5) is 5.95 Å². The summed E-state index contributed by atoms with van der Waals surface area (Å²) in [6.07, 6.45) is 2.94. The van der Waals surface area contributed by atoms with Gasteiger partial charge in [0.1, 0.15) is 0 Å². The molecular formula is C11H10BrN3O2S. The van der Waals surface area contributed by atoms with E-state index in [1.807, 2.05) is 6.92 Å². The summed E-state index contributed by atoms with van der Waals surface area (Å²) in [5.41, 5.74) is 0.994. The number of hydrogen-bond acceptors (Lipinski definition) is 4. The largest absolute Gasteiger partial charge is 0.264 e. The van der Waals surface area contributed by atoms with E-state index in [0.29, 0.717) is 4.47 Å². The molecule has 0 saturated carbocycles. The quantitative estimate of drug-likeness (QED) is 0.939. The molecule has 7 heteroatoms. The van der Waals surface area contributed by atoms with Crippen molar-refractivity contribution in [2.75, 3.05) is 4.72 Å². The van der Waals surface area contributed by atoms with Crippen molar-refractivity contribution in [3.8, 4) is 0 Å². The minimum atomic E-state index is -3.63. The third-order valence-corrected chi connectivity index (χ3v) is 3.93. The minimum absolute atomic E-state index is 0.0405. The van der Waals surface area contributed by atoms with Crippen molar-refractivity contribution in [2.24, 2.45) is 0 Å². The molecule has 1 N–H and O–H groups in total. The SMILES string of the molecule is Cc1ccc(S(=O)(=O)Nc2ncc(Br)cn2)cc1. The lowest BCUT2D eigenvalue weighted by molar-refractivity contribution is 0.601. The average Bonchev–Trinajstić information content (AvgIpc) is 2.32. The van der Waals surface area contributed by atoms with Gasteiger partial charge in [-0.25, -0.2) is 23.1 Å². The van der Waals surface area contributed by atoms with E-state index in [-0.39, 0.29) is 10.8 Å². The first-order valence-electron chi connectivity index (χ1n) is 5.04. The van der Waals surface area contributed by atoms with Crippen LogP contribution >= 0.6 is 15.9 Å². The number of sulfonamides is 1. The molecule has 94 valence electrons. The second-order valence-electron chi connectivity index (χ2n) is 3.64. The molecule has 1 aromatic carbocycles. The van der Waals surface area contributed by atoms with Crippen molar-refractivity contribution in [3.63, 3.8) is 0 Å². The van der Waals surface area contributed by atoms with E-state index < -0.39 is 10.0 Å². The highest BCUT2D eigenvalue weighted by molar-refractivity contribution is 9.10. The van der Waals surface area contributed by atoms with Crippen molar-refractivity contribution in [1.82, 2.24) is 9.97 Å². The van der Waals surface area contributed by atoms with E-state index in [1.54, 1.807) is 12.1 Å². The molecule has 0 unspecified atom stereocenters. The van der Waals surface area contributed by atoms with Crippen LogP contribution in [0.3, 0.4) is 0 Å². The van der Waals surface area contributed by atoms with Gasteiger partial charge in [0, 0.05) is 12.4 Å². The molecule has 18 heavy (non-hydrogen) atoms. The second-order valence-corrected chi connectivity index (χ2v) is 6.24. The Kier molecular flexibility index (Phi) is 3.63. The molecule has 0 atom stereocenters. The Morgan fingerprint density at radius 3 is 2.22 bits per heavy atom. The van der Waals surface area contributed by atoms with E-state index >= 15 is 0 Å². The Morgan fingerprint density at radius 1 is 1.11 bits per heavy atom. The number of nitrogens with one attached hydrogen (secondary N) is 1. The maximum Gasteiger partial charge on any atom is 0.264 e. The van der Waals surface area contributed by atoms with Gasteiger partial charge in [-0.1, -0.05) is 17.7 Å². The zero-order valence-corrected chi connectivity index (χ0v) is 11.9. The van der Waals surface area contributed by atoms with Crippen LogP contribution in [0.1, 0.15) is 5.56 Å². The topological polar surface area (TPSA) is 72.0 Å². The van der Waals surface area contributed by atoms with Crippen molar-refractivity contribution in [1.29, 1.82) is 0 Å². The van der Waals surface area contributed by atoms with Crippen LogP contribution < -0.4 is 4.72 Å². The van der Waals surface area contributed by atoms with Gasteiger partial charge in [0.05, 0.1) is 9.37 Å². The molecule has 0 fully saturated rings. The fourth-order valence-corrected chi connectivity index (χ4v) is 2.42. The summed E-state index contributed by atoms with van der Waals surface area (Å²) in [6.45, 7) is 1.89. The van der Waals surface area contributed by atoms with Gasteiger partial charge in [-0.2, -0.15) is 0 Å². The smallest absolute Gasteiger partial charge is 0.247 e. The molecule has 0 amide bonds. The predicted molar refractivity (Wildman–Crippen MR) is 71.7 cm³/mol. The second kappa shape index (κ2) is 5.03. The lowest BCUT2D eigenvalue weighted by Crippen LogP contribution is -2.14. The first-order chi connectivity index (χ1) is 8.47. The number of aromatic nitrogens is 2. The molecule has 0 radical (unpaired) electrons. The number of nitrogens with zero attached hydrogens (tertiary/aromatic N) is 2. The Morgan fingerprint density at radius 2 is 1.67 bits per heavy atom. The fraction of sp³-hybridized carbons (Fsp3) is 0.0909. The standard InChI is InChI=1S/C11H10BrN3O2S/c1-8-2-4-10(5-3-8)18(16,17)15-11-13-6-9(12)7-14-11/h2-7H,1H3,(H,13,14,15). The van der Waals surface area contributed by atoms with Crippen LogP contribution in [-0.2, 0) is 10.0 Å². The predicted octanol–water partition coefficient (Wildman–Crippen LogP) is 2.35. The lowest BCUT2D eigenvalue weighted by Gasteiger charge is -2.06. The number of hydrogen-bond donors (Lipinski definition) is 1. The van der Waals surface area contributed by atoms with Gasteiger partial charge >= 0.3 is 0 Å². The number of anilines is 1. The van der Waals surface area contributed by atoms with E-state index in [4.69, 9.17) is 0 Å². The summed E-state index contributed by atoms with van der Waals surface area (Å²) in [5, 5.41) is 0. The Hall–Kier alpha value is -1.47. The molecule has 2 rings (SSSR count). The van der Waals surface area contributed by atoms with E-state index in [9.17, 15) is 8.42 Å². The monoisotopic (exact) mass is 327 g/mol. The highest BCUT2D eigenvalue weighted by Crippen LogP contribution is 2.14. The number of rotatable bonds is 3. The molecule has 0 spiro atoms. The first-order valence-corrected chi connectivity index (χ1v) is 7.32. The zero-order valence-electron chi connectivity index (χ0n) is 9.46. The van der Waals surface area contributed by atoms with Crippen molar-refractivity contribution >= 4 is 31.9 Å². The van der Waals surface area contributed by atoms with Crippen LogP contribution in [0.25, 0.3) is 0 Å². The molecule has 1 heterocycles. The van der Waals surface area contributed by atoms with E-state index in [0.717, 1.165) is 5.56 Å². The summed E-state index contributed by atoms with van der Waals surface area (Å²) in [6, 6.07) is 6.54. The number of halogens is 1.